The van der Waals surface area contributed by atoms with Crippen LogP contribution in [-0.4, -0.2) is 34.8 Å². The van der Waals surface area contributed by atoms with Crippen molar-refractivity contribution >= 4 is 63.9 Å². The summed E-state index contributed by atoms with van der Waals surface area (Å²) >= 11 is 23.7. The Bertz CT molecular complexity index is 865. The Morgan fingerprint density at radius 3 is 2.15 bits per heavy atom. The molecule has 1 aromatic carbocycles. The van der Waals surface area contributed by atoms with Gasteiger partial charge in [-0.2, -0.15) is 0 Å². The number of aromatic nitrogens is 1. The molecule has 9 heteroatoms. The maximum Gasteiger partial charge on any atom is 0.275 e. The fourth-order valence-electron chi connectivity index (χ4n) is 2.63. The van der Waals surface area contributed by atoms with Crippen molar-refractivity contribution in [1.82, 2.24) is 9.88 Å². The number of carbonyl (C=O) groups is 2. The third-order valence-corrected chi connectivity index (χ3v) is 5.66. The summed E-state index contributed by atoms with van der Waals surface area (Å²) in [5, 5.41) is 2.39. The highest BCUT2D eigenvalue weighted by Crippen LogP contribution is 2.36. The first kappa shape index (κ1) is 19.2. The second kappa shape index (κ2) is 8.01. The molecule has 0 atom stereocenters. The normalized spacial score (nSPS) is 13.8. The number of hydrogen-bond donors (Lipinski definition) is 1. The summed E-state index contributed by atoms with van der Waals surface area (Å²) in [6, 6.07) is 6.59. The number of rotatable bonds is 3. The highest BCUT2D eigenvalue weighted by atomic mass is 35.5. The van der Waals surface area contributed by atoms with Crippen LogP contribution in [0.5, 0.6) is 0 Å². The van der Waals surface area contributed by atoms with Crippen molar-refractivity contribution in [1.29, 1.82) is 0 Å². The van der Waals surface area contributed by atoms with Gasteiger partial charge in [0, 0.05) is 24.3 Å². The molecule has 5 nitrogen and oxygen atoms in total. The molecule has 2 heterocycles. The molecule has 0 bridgehead atoms. The van der Waals surface area contributed by atoms with Crippen molar-refractivity contribution < 1.29 is 9.59 Å². The number of benzene rings is 1. The van der Waals surface area contributed by atoms with Gasteiger partial charge in [0.1, 0.15) is 10.8 Å². The van der Waals surface area contributed by atoms with E-state index in [0.29, 0.717) is 11.3 Å². The molecule has 2 aromatic rings. The molecule has 3 rings (SSSR count). The van der Waals surface area contributed by atoms with Crippen molar-refractivity contribution in [3.05, 3.63) is 55.7 Å². The number of pyridine rings is 1. The summed E-state index contributed by atoms with van der Waals surface area (Å²) in [6.07, 6.45) is 2.06. The highest BCUT2D eigenvalue weighted by Gasteiger charge is 2.21. The summed E-state index contributed by atoms with van der Waals surface area (Å²) in [4.78, 5) is 30.4. The number of hydrogen-bond acceptors (Lipinski definition) is 3. The first-order valence-corrected chi connectivity index (χ1v) is 9.30. The SMILES string of the molecule is O=C(Nc1ccc(C(=O)N2CCCC2)cc1)c1nc(Cl)c(Cl)c(Cl)c1Cl. The molecule has 1 aliphatic rings. The molecule has 1 fully saturated rings. The zero-order valence-electron chi connectivity index (χ0n) is 13.4. The Kier molecular flexibility index (Phi) is 5.92. The minimum absolute atomic E-state index is 0.0126. The van der Waals surface area contributed by atoms with E-state index in [2.05, 4.69) is 10.3 Å². The third kappa shape index (κ3) is 3.91. The van der Waals surface area contributed by atoms with Crippen LogP contribution in [0.2, 0.25) is 20.2 Å². The Hall–Kier alpha value is -1.53. The van der Waals surface area contributed by atoms with Crippen LogP contribution >= 0.6 is 46.4 Å². The number of nitrogens with zero attached hydrogens (tertiary/aromatic N) is 2. The molecule has 2 amide bonds. The van der Waals surface area contributed by atoms with Crippen LogP contribution in [0.4, 0.5) is 5.69 Å². The van der Waals surface area contributed by atoms with Gasteiger partial charge in [0.2, 0.25) is 0 Å². The van der Waals surface area contributed by atoms with E-state index in [0.717, 1.165) is 25.9 Å². The van der Waals surface area contributed by atoms with Crippen LogP contribution in [0.15, 0.2) is 24.3 Å². The number of amides is 2. The number of nitrogens with one attached hydrogen (secondary N) is 1. The smallest absolute Gasteiger partial charge is 0.275 e. The van der Waals surface area contributed by atoms with Gasteiger partial charge in [0.15, 0.2) is 0 Å². The van der Waals surface area contributed by atoms with Crippen molar-refractivity contribution in [3.63, 3.8) is 0 Å². The van der Waals surface area contributed by atoms with E-state index in [1.165, 1.54) is 0 Å². The van der Waals surface area contributed by atoms with Crippen molar-refractivity contribution in [3.8, 4) is 0 Å². The van der Waals surface area contributed by atoms with Gasteiger partial charge >= 0.3 is 0 Å². The van der Waals surface area contributed by atoms with Crippen LogP contribution in [0.25, 0.3) is 0 Å². The molecule has 1 N–H and O–H groups in total. The quantitative estimate of drug-likeness (QED) is 0.679. The summed E-state index contributed by atoms with van der Waals surface area (Å²) in [6.45, 7) is 1.55. The zero-order valence-corrected chi connectivity index (χ0v) is 16.4. The molecule has 0 spiro atoms. The molecule has 1 aliphatic heterocycles. The Morgan fingerprint density at radius 2 is 1.54 bits per heavy atom. The zero-order chi connectivity index (χ0) is 18.8. The van der Waals surface area contributed by atoms with Gasteiger partial charge in [0.25, 0.3) is 11.8 Å². The van der Waals surface area contributed by atoms with Gasteiger partial charge in [0.05, 0.1) is 15.1 Å². The molecule has 26 heavy (non-hydrogen) atoms. The molecule has 0 radical (unpaired) electrons. The van der Waals surface area contributed by atoms with Gasteiger partial charge < -0.3 is 10.2 Å². The first-order chi connectivity index (χ1) is 12.4. The Labute approximate surface area is 170 Å². The van der Waals surface area contributed by atoms with E-state index in [1.807, 2.05) is 4.90 Å². The number of likely N-dealkylation sites (tertiary alicyclic amines) is 1. The average Bonchev–Trinajstić information content (AvgIpc) is 3.17. The van der Waals surface area contributed by atoms with Crippen LogP contribution in [-0.2, 0) is 0 Å². The minimum Gasteiger partial charge on any atom is -0.339 e. The molecule has 1 aromatic heterocycles. The highest BCUT2D eigenvalue weighted by molar-refractivity contribution is 6.52. The van der Waals surface area contributed by atoms with Crippen molar-refractivity contribution in [2.24, 2.45) is 0 Å². The standard InChI is InChI=1S/C17H13Cl4N3O2/c18-11-12(19)14(23-15(21)13(11)20)16(25)22-10-5-3-9(4-6-10)17(26)24-7-1-2-8-24/h3-6H,1-2,7-8H2,(H,22,25). The minimum atomic E-state index is -0.589. The number of halogens is 4. The largest absolute Gasteiger partial charge is 0.339 e. The van der Waals surface area contributed by atoms with E-state index in [-0.39, 0.29) is 31.8 Å². The fourth-order valence-corrected chi connectivity index (χ4v) is 3.44. The van der Waals surface area contributed by atoms with Crippen LogP contribution in [0, 0.1) is 0 Å². The fraction of sp³-hybridized carbons (Fsp3) is 0.235. The van der Waals surface area contributed by atoms with E-state index in [1.54, 1.807) is 24.3 Å². The predicted molar refractivity (Wildman–Crippen MR) is 104 cm³/mol. The maximum absolute atomic E-state index is 12.4. The molecule has 0 unspecified atom stereocenters. The van der Waals surface area contributed by atoms with E-state index in [4.69, 9.17) is 46.4 Å². The van der Waals surface area contributed by atoms with Gasteiger partial charge in [-0.05, 0) is 37.1 Å². The van der Waals surface area contributed by atoms with Crippen molar-refractivity contribution in [2.45, 2.75) is 12.8 Å². The summed E-state index contributed by atoms with van der Waals surface area (Å²) in [7, 11) is 0. The van der Waals surface area contributed by atoms with Crippen molar-refractivity contribution in [2.75, 3.05) is 18.4 Å². The van der Waals surface area contributed by atoms with E-state index in [9.17, 15) is 9.59 Å². The lowest BCUT2D eigenvalue weighted by molar-refractivity contribution is 0.0792. The van der Waals surface area contributed by atoms with Crippen LogP contribution in [0.1, 0.15) is 33.7 Å². The molecular formula is C17H13Cl4N3O2. The van der Waals surface area contributed by atoms with Gasteiger partial charge in [-0.1, -0.05) is 46.4 Å². The van der Waals surface area contributed by atoms with Crippen LogP contribution in [0.3, 0.4) is 0 Å². The third-order valence-electron chi connectivity index (χ3n) is 3.98. The summed E-state index contributed by atoms with van der Waals surface area (Å²) in [5.41, 5.74) is 0.912. The lowest BCUT2D eigenvalue weighted by Gasteiger charge is -2.15. The van der Waals surface area contributed by atoms with E-state index >= 15 is 0 Å². The lowest BCUT2D eigenvalue weighted by Crippen LogP contribution is -2.27. The van der Waals surface area contributed by atoms with Crippen LogP contribution < -0.4 is 5.32 Å². The van der Waals surface area contributed by atoms with Gasteiger partial charge in [-0.3, -0.25) is 9.59 Å². The van der Waals surface area contributed by atoms with Gasteiger partial charge in [-0.15, -0.1) is 0 Å². The average molecular weight is 433 g/mol. The summed E-state index contributed by atoms with van der Waals surface area (Å²) in [5.74, 6) is -0.601. The molecular weight excluding hydrogens is 420 g/mol. The number of anilines is 1. The second-order valence-electron chi connectivity index (χ2n) is 5.72. The topological polar surface area (TPSA) is 62.3 Å². The maximum atomic E-state index is 12.4. The molecule has 136 valence electrons. The first-order valence-electron chi connectivity index (χ1n) is 7.79. The van der Waals surface area contributed by atoms with E-state index < -0.39 is 5.91 Å². The predicted octanol–water partition coefficient (Wildman–Crippen LogP) is 5.18. The van der Waals surface area contributed by atoms with Gasteiger partial charge in [-0.25, -0.2) is 4.98 Å². The number of carbonyl (C=O) groups excluding carboxylic acids is 2. The molecule has 0 aliphatic carbocycles. The Morgan fingerprint density at radius 1 is 0.923 bits per heavy atom. The molecule has 1 saturated heterocycles. The lowest BCUT2D eigenvalue weighted by atomic mass is 10.2. The Balaban J connectivity index is 1.75. The summed E-state index contributed by atoms with van der Waals surface area (Å²) < 4.78 is 0. The molecule has 0 saturated carbocycles. The second-order valence-corrected chi connectivity index (χ2v) is 7.22. The monoisotopic (exact) mass is 431 g/mol.